The number of rotatable bonds is 5. The van der Waals surface area contributed by atoms with E-state index in [1.165, 1.54) is 12.1 Å². The Bertz CT molecular complexity index is 1160. The summed E-state index contributed by atoms with van der Waals surface area (Å²) in [6.45, 7) is 1.76. The number of quaternary nitrogens is 1. The first-order valence-corrected chi connectivity index (χ1v) is 11.4. The zero-order valence-electron chi connectivity index (χ0n) is 19.4. The van der Waals surface area contributed by atoms with E-state index in [1.54, 1.807) is 12.1 Å². The summed E-state index contributed by atoms with van der Waals surface area (Å²) in [5.74, 6) is 2.43. The number of carbonyl (C=O) groups excluding carboxylic acids is 1. The Balaban J connectivity index is 0.00000289. The van der Waals surface area contributed by atoms with E-state index in [0.717, 1.165) is 12.0 Å². The fourth-order valence-corrected chi connectivity index (χ4v) is 4.75. The zero-order valence-corrected chi connectivity index (χ0v) is 20.1. The van der Waals surface area contributed by atoms with Crippen LogP contribution < -0.4 is 31.4 Å². The number of nitrogens with zero attached hydrogens (tertiary/aromatic N) is 1. The molecule has 1 amide bonds. The van der Waals surface area contributed by atoms with Gasteiger partial charge in [0.25, 0.3) is 0 Å². The molecule has 3 aromatic rings. The second-order valence-electron chi connectivity index (χ2n) is 9.02. The third-order valence-corrected chi connectivity index (χ3v) is 6.64. The normalized spacial score (nSPS) is 22.7. The Morgan fingerprint density at radius 2 is 1.74 bits per heavy atom. The van der Waals surface area contributed by atoms with Crippen molar-refractivity contribution in [1.29, 1.82) is 0 Å². The van der Waals surface area contributed by atoms with Gasteiger partial charge in [-0.05, 0) is 42.0 Å². The molecule has 0 spiro atoms. The molecule has 0 N–H and O–H groups in total. The number of fused-ring (bicyclic) bond motifs is 1. The number of benzene rings is 3. The number of likely N-dealkylation sites (tertiary alicyclic amines) is 1. The summed E-state index contributed by atoms with van der Waals surface area (Å²) >= 11 is 0. The Morgan fingerprint density at radius 3 is 2.51 bits per heavy atom. The predicted molar refractivity (Wildman–Crippen MR) is 124 cm³/mol. The molecule has 5 rings (SSSR count). The second kappa shape index (κ2) is 10.5. The first-order valence-electron chi connectivity index (χ1n) is 11.4. The van der Waals surface area contributed by atoms with Crippen LogP contribution in [0, 0.1) is 11.7 Å². The molecule has 0 aromatic heterocycles. The first-order chi connectivity index (χ1) is 16.5. The molecule has 8 heteroatoms. The summed E-state index contributed by atoms with van der Waals surface area (Å²) in [5, 5.41) is 0. The largest absolute Gasteiger partial charge is 1.00 e. The lowest BCUT2D eigenvalue weighted by molar-refractivity contribution is -0.846. The molecule has 3 atom stereocenters. The number of para-hydroxylation sites is 1. The van der Waals surface area contributed by atoms with Crippen molar-refractivity contribution in [3.63, 3.8) is 0 Å². The monoisotopic (exact) mass is 499 g/mol. The van der Waals surface area contributed by atoms with E-state index in [0.29, 0.717) is 42.7 Å². The lowest BCUT2D eigenvalue weighted by atomic mass is 9.80. The minimum absolute atomic E-state index is 0. The molecule has 1 saturated heterocycles. The van der Waals surface area contributed by atoms with Gasteiger partial charge < -0.3 is 31.4 Å². The van der Waals surface area contributed by atoms with Crippen LogP contribution in [0.5, 0.6) is 23.0 Å². The van der Waals surface area contributed by atoms with Gasteiger partial charge in [0.15, 0.2) is 11.5 Å². The minimum Gasteiger partial charge on any atom is -1.00 e. The maximum atomic E-state index is 13.6. The molecule has 184 valence electrons. The fourth-order valence-electron chi connectivity index (χ4n) is 4.75. The quantitative estimate of drug-likeness (QED) is 0.505. The SMILES string of the molecule is C[N+]1(C(=O)Oc2ccccc2)CC[C@@H](c2ccc(F)cc2)[C@H](COc2ccc3c(c2)OCO3)C1.[Cl-]. The Hall–Kier alpha value is -3.29. The Labute approximate surface area is 210 Å². The summed E-state index contributed by atoms with van der Waals surface area (Å²) in [4.78, 5) is 13.2. The van der Waals surface area contributed by atoms with E-state index in [1.807, 2.05) is 55.6 Å². The van der Waals surface area contributed by atoms with Gasteiger partial charge >= 0.3 is 6.09 Å². The molecule has 0 saturated carbocycles. The number of hydrogen-bond donors (Lipinski definition) is 0. The molecule has 0 bridgehead atoms. The van der Waals surface area contributed by atoms with E-state index < -0.39 is 0 Å². The minimum atomic E-state index is -0.295. The summed E-state index contributed by atoms with van der Waals surface area (Å²) in [6, 6.07) is 21.2. The highest BCUT2D eigenvalue weighted by Crippen LogP contribution is 2.38. The van der Waals surface area contributed by atoms with Gasteiger partial charge in [-0.2, -0.15) is 4.79 Å². The van der Waals surface area contributed by atoms with Crippen molar-refractivity contribution >= 4 is 6.09 Å². The zero-order chi connectivity index (χ0) is 23.5. The van der Waals surface area contributed by atoms with Crippen LogP contribution in [0.4, 0.5) is 9.18 Å². The molecule has 2 heterocycles. The van der Waals surface area contributed by atoms with Gasteiger partial charge in [-0.3, -0.25) is 0 Å². The van der Waals surface area contributed by atoms with Crippen LogP contribution in [-0.4, -0.2) is 44.1 Å². The summed E-state index contributed by atoms with van der Waals surface area (Å²) in [5.41, 5.74) is 1.04. The van der Waals surface area contributed by atoms with Gasteiger partial charge in [-0.1, -0.05) is 30.3 Å². The average Bonchev–Trinajstić information content (AvgIpc) is 3.32. The van der Waals surface area contributed by atoms with Crippen LogP contribution >= 0.6 is 0 Å². The summed E-state index contributed by atoms with van der Waals surface area (Å²) < 4.78 is 36.4. The molecule has 2 aliphatic rings. The molecule has 3 aromatic carbocycles. The van der Waals surface area contributed by atoms with Gasteiger partial charge in [0.2, 0.25) is 6.79 Å². The standard InChI is InChI=1S/C27H27FNO5.ClH/c1-29(27(30)34-22-5-3-2-4-6-22)14-13-24(19-7-9-21(28)10-8-19)20(16-29)17-31-23-11-12-25-26(15-23)33-18-32-25;/h2-12,15,20,24H,13-14,16-18H2,1H3;1H/q+1;/p-1/t20-,24-,29?;/m0./s1. The third kappa shape index (κ3) is 5.52. The van der Waals surface area contributed by atoms with Crippen molar-refractivity contribution in [3.05, 3.63) is 84.2 Å². The van der Waals surface area contributed by atoms with Crippen LogP contribution in [0.3, 0.4) is 0 Å². The average molecular weight is 500 g/mol. The first kappa shape index (κ1) is 24.8. The van der Waals surface area contributed by atoms with Gasteiger partial charge in [-0.25, -0.2) is 8.87 Å². The Kier molecular flexibility index (Phi) is 7.48. The maximum Gasteiger partial charge on any atom is 0.521 e. The van der Waals surface area contributed by atoms with Gasteiger partial charge in [0.05, 0.1) is 26.7 Å². The van der Waals surface area contributed by atoms with Crippen molar-refractivity contribution in [2.45, 2.75) is 12.3 Å². The number of ether oxygens (including phenoxy) is 4. The second-order valence-corrected chi connectivity index (χ2v) is 9.02. The topological polar surface area (TPSA) is 54.0 Å². The summed E-state index contributed by atoms with van der Waals surface area (Å²) in [6.07, 6.45) is 0.457. The van der Waals surface area contributed by atoms with Crippen molar-refractivity contribution < 1.29 is 45.0 Å². The van der Waals surface area contributed by atoms with Crippen LogP contribution in [0.25, 0.3) is 0 Å². The van der Waals surface area contributed by atoms with E-state index in [9.17, 15) is 9.18 Å². The number of carbonyl (C=O) groups is 1. The van der Waals surface area contributed by atoms with Crippen LogP contribution in [-0.2, 0) is 0 Å². The highest BCUT2D eigenvalue weighted by molar-refractivity contribution is 5.63. The smallest absolute Gasteiger partial charge is 0.521 e. The Morgan fingerprint density at radius 1 is 1.00 bits per heavy atom. The number of piperidine rings is 1. The molecule has 6 nitrogen and oxygen atoms in total. The maximum absolute atomic E-state index is 13.6. The van der Waals surface area contributed by atoms with Crippen LogP contribution in [0.1, 0.15) is 17.9 Å². The van der Waals surface area contributed by atoms with E-state index >= 15 is 0 Å². The van der Waals surface area contributed by atoms with Crippen LogP contribution in [0.15, 0.2) is 72.8 Å². The van der Waals surface area contributed by atoms with Crippen molar-refractivity contribution in [1.82, 2.24) is 0 Å². The van der Waals surface area contributed by atoms with Crippen molar-refractivity contribution in [3.8, 4) is 23.0 Å². The number of halogens is 2. The lowest BCUT2D eigenvalue weighted by Crippen LogP contribution is -3.00. The predicted octanol–water partition coefficient (Wildman–Crippen LogP) is 2.39. The molecule has 0 radical (unpaired) electrons. The number of hydrogen-bond acceptors (Lipinski definition) is 5. The molecular weight excluding hydrogens is 473 g/mol. The van der Waals surface area contributed by atoms with Gasteiger partial charge in [0, 0.05) is 24.3 Å². The fraction of sp³-hybridized carbons (Fsp3) is 0.296. The summed E-state index contributed by atoms with van der Waals surface area (Å²) in [7, 11) is 1.90. The van der Waals surface area contributed by atoms with Crippen LogP contribution in [0.2, 0.25) is 0 Å². The highest BCUT2D eigenvalue weighted by Gasteiger charge is 2.45. The molecule has 2 aliphatic heterocycles. The van der Waals surface area contributed by atoms with Gasteiger partial charge in [0.1, 0.15) is 17.3 Å². The molecule has 1 unspecified atom stereocenters. The highest BCUT2D eigenvalue weighted by atomic mass is 35.5. The molecule has 1 fully saturated rings. The molecule has 35 heavy (non-hydrogen) atoms. The molecular formula is C27H27ClFNO5. The van der Waals surface area contributed by atoms with E-state index in [2.05, 4.69) is 0 Å². The van der Waals surface area contributed by atoms with Crippen molar-refractivity contribution in [2.75, 3.05) is 33.5 Å². The van der Waals surface area contributed by atoms with E-state index in [4.69, 9.17) is 18.9 Å². The van der Waals surface area contributed by atoms with Gasteiger partial charge in [-0.15, -0.1) is 0 Å². The lowest BCUT2D eigenvalue weighted by Gasteiger charge is -2.41. The third-order valence-electron chi connectivity index (χ3n) is 6.64. The van der Waals surface area contributed by atoms with Crippen molar-refractivity contribution in [2.24, 2.45) is 5.92 Å². The van der Waals surface area contributed by atoms with E-state index in [-0.39, 0.29) is 47.4 Å². The number of amides is 1. The molecule has 0 aliphatic carbocycles.